The van der Waals surface area contributed by atoms with Crippen LogP contribution in [0.25, 0.3) is 0 Å². The van der Waals surface area contributed by atoms with Crippen LogP contribution < -0.4 is 4.90 Å². The molecule has 1 fully saturated rings. The molecule has 0 aliphatic carbocycles. The molecule has 0 saturated carbocycles. The number of nitrogens with zero attached hydrogens (tertiary/aromatic N) is 5. The van der Waals surface area contributed by atoms with Gasteiger partial charge in [0.05, 0.1) is 24.5 Å². The maximum atomic E-state index is 13.4. The van der Waals surface area contributed by atoms with Crippen LogP contribution in [-0.4, -0.2) is 83.2 Å². The monoisotopic (exact) mass is 505 g/mol. The lowest BCUT2D eigenvalue weighted by Crippen LogP contribution is -2.49. The summed E-state index contributed by atoms with van der Waals surface area (Å²) in [5, 5.41) is 0.372. The molecule has 0 radical (unpaired) electrons. The van der Waals surface area contributed by atoms with E-state index in [0.29, 0.717) is 29.8 Å². The maximum Gasteiger partial charge on any atom is 0.316 e. The fourth-order valence-corrected chi connectivity index (χ4v) is 5.30. The van der Waals surface area contributed by atoms with Gasteiger partial charge in [-0.25, -0.2) is 9.89 Å². The smallest absolute Gasteiger partial charge is 0.316 e. The quantitative estimate of drug-likeness (QED) is 0.561. The highest BCUT2D eigenvalue weighted by molar-refractivity contribution is 8.14. The number of carbonyl (C=O) groups is 3. The molecular formula is C26H27N5O4S. The van der Waals surface area contributed by atoms with E-state index in [9.17, 15) is 14.4 Å². The third-order valence-corrected chi connectivity index (χ3v) is 7.21. The first kappa shape index (κ1) is 24.1. The van der Waals surface area contributed by atoms with Crippen molar-refractivity contribution >= 4 is 51.9 Å². The Kier molecular flexibility index (Phi) is 7.04. The molecule has 36 heavy (non-hydrogen) atoms. The summed E-state index contributed by atoms with van der Waals surface area (Å²) >= 11 is 1.14. The van der Waals surface area contributed by atoms with Gasteiger partial charge in [-0.1, -0.05) is 42.1 Å². The second-order valence-corrected chi connectivity index (χ2v) is 9.50. The summed E-state index contributed by atoms with van der Waals surface area (Å²) in [6, 6.07) is 16.7. The Balaban J connectivity index is 1.28. The third kappa shape index (κ3) is 4.86. The molecule has 2 aromatic carbocycles. The Morgan fingerprint density at radius 3 is 2.50 bits per heavy atom. The molecule has 3 aliphatic rings. The Morgan fingerprint density at radius 2 is 1.75 bits per heavy atom. The van der Waals surface area contributed by atoms with Crippen molar-refractivity contribution in [2.75, 3.05) is 43.4 Å². The van der Waals surface area contributed by atoms with Gasteiger partial charge in [-0.05, 0) is 31.2 Å². The van der Waals surface area contributed by atoms with E-state index in [0.717, 1.165) is 36.1 Å². The fourth-order valence-electron chi connectivity index (χ4n) is 4.51. The highest BCUT2D eigenvalue weighted by Gasteiger charge is 2.42. The first-order valence-electron chi connectivity index (χ1n) is 12.0. The molecule has 0 unspecified atom stereocenters. The van der Waals surface area contributed by atoms with E-state index in [1.165, 1.54) is 4.90 Å². The minimum atomic E-state index is -0.820. The second-order valence-electron chi connectivity index (χ2n) is 8.55. The first-order chi connectivity index (χ1) is 17.5. The summed E-state index contributed by atoms with van der Waals surface area (Å²) < 4.78 is 5.02. The molecule has 10 heteroatoms. The Morgan fingerprint density at radius 1 is 1.03 bits per heavy atom. The van der Waals surface area contributed by atoms with Gasteiger partial charge in [0.25, 0.3) is 5.91 Å². The molecule has 2 aromatic rings. The van der Waals surface area contributed by atoms with E-state index >= 15 is 0 Å². The summed E-state index contributed by atoms with van der Waals surface area (Å²) in [4.78, 5) is 53.2. The number of rotatable bonds is 6. The number of amidine groups is 2. The van der Waals surface area contributed by atoms with Gasteiger partial charge >= 0.3 is 5.97 Å². The van der Waals surface area contributed by atoms with Crippen LogP contribution in [0.2, 0.25) is 0 Å². The van der Waals surface area contributed by atoms with Crippen molar-refractivity contribution in [2.45, 2.75) is 19.4 Å². The van der Waals surface area contributed by atoms with Crippen LogP contribution in [0.3, 0.4) is 0 Å². The van der Waals surface area contributed by atoms with Gasteiger partial charge in [-0.15, -0.1) is 0 Å². The summed E-state index contributed by atoms with van der Waals surface area (Å²) in [7, 11) is 0. The Hall–Kier alpha value is -3.66. The number of ether oxygens (including phenoxy) is 1. The van der Waals surface area contributed by atoms with Gasteiger partial charge in [0.1, 0.15) is 11.9 Å². The van der Waals surface area contributed by atoms with Crippen LogP contribution in [0, 0.1) is 0 Å². The molecule has 0 N–H and O–H groups in total. The van der Waals surface area contributed by atoms with E-state index < -0.39 is 6.04 Å². The molecule has 3 aliphatic heterocycles. The molecule has 9 nitrogen and oxygen atoms in total. The van der Waals surface area contributed by atoms with Crippen LogP contribution >= 0.6 is 11.8 Å². The van der Waals surface area contributed by atoms with Gasteiger partial charge < -0.3 is 14.5 Å². The lowest BCUT2D eigenvalue weighted by atomic mass is 10.1. The number of piperazine rings is 1. The van der Waals surface area contributed by atoms with Crippen LogP contribution in [-0.2, 0) is 19.1 Å². The average Bonchev–Trinajstić information content (AvgIpc) is 3.24. The zero-order chi connectivity index (χ0) is 25.1. The van der Waals surface area contributed by atoms with E-state index in [1.54, 1.807) is 6.92 Å². The van der Waals surface area contributed by atoms with Crippen LogP contribution in [0.15, 0.2) is 64.6 Å². The van der Waals surface area contributed by atoms with Crippen molar-refractivity contribution < 1.29 is 19.1 Å². The van der Waals surface area contributed by atoms with Gasteiger partial charge in [0, 0.05) is 37.4 Å². The van der Waals surface area contributed by atoms with Crippen molar-refractivity contribution in [1.82, 2.24) is 9.80 Å². The van der Waals surface area contributed by atoms with Crippen molar-refractivity contribution in [2.24, 2.45) is 9.98 Å². The highest BCUT2D eigenvalue weighted by Crippen LogP contribution is 2.34. The van der Waals surface area contributed by atoms with Gasteiger partial charge in [0.2, 0.25) is 5.91 Å². The number of hydrogen-bond acceptors (Lipinski definition) is 8. The summed E-state index contributed by atoms with van der Waals surface area (Å²) in [5.74, 6) is -0.261. The molecule has 0 aromatic heterocycles. The second kappa shape index (κ2) is 10.5. The fraction of sp³-hybridized carbons (Fsp3) is 0.346. The molecule has 0 spiro atoms. The molecule has 1 atom stereocenters. The molecule has 5 rings (SSSR count). The number of thioether (sulfide) groups is 1. The van der Waals surface area contributed by atoms with Crippen molar-refractivity contribution in [3.63, 3.8) is 0 Å². The number of fused-ring (bicyclic) bond motifs is 3. The Bertz CT molecular complexity index is 1220. The number of hydrogen-bond donors (Lipinski definition) is 0. The molecule has 2 amide bonds. The van der Waals surface area contributed by atoms with Gasteiger partial charge in [0.15, 0.2) is 5.17 Å². The number of benzene rings is 2. The third-order valence-electron chi connectivity index (χ3n) is 6.29. The zero-order valence-corrected chi connectivity index (χ0v) is 20.8. The number of amides is 2. The van der Waals surface area contributed by atoms with Gasteiger partial charge in [-0.3, -0.25) is 19.4 Å². The summed E-state index contributed by atoms with van der Waals surface area (Å²) in [5.41, 5.74) is 2.55. The lowest BCUT2D eigenvalue weighted by molar-refractivity contribution is -0.139. The van der Waals surface area contributed by atoms with E-state index in [4.69, 9.17) is 4.74 Å². The minimum absolute atomic E-state index is 0.00214. The topological polar surface area (TPSA) is 94.9 Å². The largest absolute Gasteiger partial charge is 0.465 e. The van der Waals surface area contributed by atoms with Gasteiger partial charge in [-0.2, -0.15) is 0 Å². The minimum Gasteiger partial charge on any atom is -0.465 e. The standard InChI is InChI=1S/C26H27N5O4S/c1-2-35-23(33)17-36-26-28-20-11-7-6-10-19(20)24-27-21(25(34)31(24)26)16-22(32)30-14-12-29(13-15-30)18-8-4-3-5-9-18/h3-11,21H,2,12-17H2,1H3/t21-/m1/s1. The molecule has 0 bridgehead atoms. The lowest BCUT2D eigenvalue weighted by Gasteiger charge is -2.36. The summed E-state index contributed by atoms with van der Waals surface area (Å²) in [6.45, 7) is 4.70. The average molecular weight is 506 g/mol. The van der Waals surface area contributed by atoms with Crippen molar-refractivity contribution in [3.05, 3.63) is 60.2 Å². The normalized spacial score (nSPS) is 18.9. The Labute approximate surface area is 213 Å². The molecule has 3 heterocycles. The number of carbonyl (C=O) groups excluding carboxylic acids is 3. The number of anilines is 1. The van der Waals surface area contributed by atoms with E-state index in [-0.39, 0.29) is 36.6 Å². The number of para-hydroxylation sites is 2. The SMILES string of the molecule is CCOC(=O)CSC1=Nc2ccccc2C2=N[C@H](CC(=O)N3CCN(c4ccccc4)CC3)C(=O)N12. The van der Waals surface area contributed by atoms with Crippen LogP contribution in [0.4, 0.5) is 11.4 Å². The van der Waals surface area contributed by atoms with E-state index in [1.807, 2.05) is 47.4 Å². The highest BCUT2D eigenvalue weighted by atomic mass is 32.2. The van der Waals surface area contributed by atoms with Crippen LogP contribution in [0.5, 0.6) is 0 Å². The first-order valence-corrected chi connectivity index (χ1v) is 13.0. The summed E-state index contributed by atoms with van der Waals surface area (Å²) in [6.07, 6.45) is 0.00214. The maximum absolute atomic E-state index is 13.4. The molecule has 1 saturated heterocycles. The van der Waals surface area contributed by atoms with Crippen molar-refractivity contribution in [1.29, 1.82) is 0 Å². The van der Waals surface area contributed by atoms with E-state index in [2.05, 4.69) is 27.0 Å². The molecule has 186 valence electrons. The molecular weight excluding hydrogens is 478 g/mol. The number of esters is 1. The van der Waals surface area contributed by atoms with Crippen molar-refractivity contribution in [3.8, 4) is 0 Å². The predicted molar refractivity (Wildman–Crippen MR) is 140 cm³/mol. The predicted octanol–water partition coefficient (Wildman–Crippen LogP) is 2.68. The zero-order valence-electron chi connectivity index (χ0n) is 20.0. The van der Waals surface area contributed by atoms with Crippen LogP contribution in [0.1, 0.15) is 18.9 Å². The number of aliphatic imine (C=N–C) groups is 2.